The molecule has 2 aliphatic rings. The molecule has 3 heterocycles. The monoisotopic (exact) mass is 534 g/mol. The highest BCUT2D eigenvalue weighted by Gasteiger charge is 2.24. The molecule has 39 heavy (non-hydrogen) atoms. The van der Waals surface area contributed by atoms with Gasteiger partial charge in [0.05, 0.1) is 30.4 Å². The predicted molar refractivity (Wildman–Crippen MR) is 157 cm³/mol. The van der Waals surface area contributed by atoms with E-state index in [1.165, 1.54) is 19.1 Å². The van der Waals surface area contributed by atoms with Crippen LogP contribution in [0.1, 0.15) is 32.3 Å². The predicted octanol–water partition coefficient (Wildman–Crippen LogP) is 3.05. The molecule has 0 amide bonds. The molecule has 1 atom stereocenters. The minimum Gasteiger partial charge on any atom is -0.404 e. The fraction of sp³-hybridized carbons (Fsp3) is 0.483. The van der Waals surface area contributed by atoms with Crippen LogP contribution >= 0.6 is 0 Å². The van der Waals surface area contributed by atoms with E-state index in [4.69, 9.17) is 26.4 Å². The summed E-state index contributed by atoms with van der Waals surface area (Å²) in [5, 5.41) is 14.5. The van der Waals surface area contributed by atoms with Gasteiger partial charge in [-0.25, -0.2) is 4.98 Å². The summed E-state index contributed by atoms with van der Waals surface area (Å²) in [6.07, 6.45) is 10.9. The Morgan fingerprint density at radius 2 is 2.05 bits per heavy atom. The molecule has 10 heteroatoms. The maximum atomic E-state index is 8.01. The van der Waals surface area contributed by atoms with Crippen LogP contribution in [0.5, 0.6) is 0 Å². The summed E-state index contributed by atoms with van der Waals surface area (Å²) in [7, 11) is 0. The molecule has 0 aromatic carbocycles. The lowest BCUT2D eigenvalue weighted by atomic mass is 10.0. The SMILES string of the molecule is CC(C)C(=C/N)/C=C(\N)Nc1ccc2ncc(/C(C=N)=C/NCC(CN3CCOCC3)OCC3CC3)cc2n1. The summed E-state index contributed by atoms with van der Waals surface area (Å²) in [4.78, 5) is 11.6. The fourth-order valence-electron chi connectivity index (χ4n) is 4.32. The van der Waals surface area contributed by atoms with Gasteiger partial charge < -0.3 is 37.0 Å². The van der Waals surface area contributed by atoms with E-state index in [9.17, 15) is 0 Å². The Bertz CT molecular complexity index is 1200. The third-order valence-corrected chi connectivity index (χ3v) is 6.91. The standard InChI is InChI=1S/C29H42N8O2/c1-20(2)22(13-30)12-28(32)36-29-6-5-26-27(35-29)11-23(16-34-26)24(14-31)15-33-17-25(39-19-21-3-4-21)18-37-7-9-38-10-8-37/h5-6,11-16,20-21,25,31,33H,3-4,7-10,17-19,30,32H2,1-2H3,(H,35,36)/b22-13+,24-15+,28-12+,31-14?. The lowest BCUT2D eigenvalue weighted by molar-refractivity contribution is -0.0132. The first-order chi connectivity index (χ1) is 18.9. The van der Waals surface area contributed by atoms with Gasteiger partial charge in [0.15, 0.2) is 0 Å². The average Bonchev–Trinajstić information content (AvgIpc) is 3.77. The van der Waals surface area contributed by atoms with Gasteiger partial charge in [0.2, 0.25) is 0 Å². The van der Waals surface area contributed by atoms with Crippen molar-refractivity contribution in [2.75, 3.05) is 51.3 Å². The van der Waals surface area contributed by atoms with Crippen molar-refractivity contribution in [1.82, 2.24) is 20.2 Å². The molecule has 1 aliphatic carbocycles. The van der Waals surface area contributed by atoms with Crippen LogP contribution in [0.25, 0.3) is 16.6 Å². The lowest BCUT2D eigenvalue weighted by Gasteiger charge is -2.30. The first-order valence-corrected chi connectivity index (χ1v) is 13.7. The Morgan fingerprint density at radius 1 is 1.26 bits per heavy atom. The molecule has 2 aromatic heterocycles. The van der Waals surface area contributed by atoms with E-state index in [1.54, 1.807) is 12.4 Å². The maximum absolute atomic E-state index is 8.01. The van der Waals surface area contributed by atoms with Crippen molar-refractivity contribution < 1.29 is 9.47 Å². The van der Waals surface area contributed by atoms with E-state index in [-0.39, 0.29) is 12.0 Å². The van der Waals surface area contributed by atoms with Gasteiger partial charge in [-0.15, -0.1) is 0 Å². The van der Waals surface area contributed by atoms with E-state index in [0.29, 0.717) is 35.2 Å². The number of nitrogens with one attached hydrogen (secondary N) is 3. The molecule has 1 aliphatic heterocycles. The van der Waals surface area contributed by atoms with Crippen molar-refractivity contribution in [3.05, 3.63) is 59.8 Å². The summed E-state index contributed by atoms with van der Waals surface area (Å²) >= 11 is 0. The third-order valence-electron chi connectivity index (χ3n) is 6.91. The van der Waals surface area contributed by atoms with Crippen molar-refractivity contribution in [2.24, 2.45) is 23.3 Å². The Labute approximate surface area is 231 Å². The molecule has 7 N–H and O–H groups in total. The molecular formula is C29H42N8O2. The van der Waals surface area contributed by atoms with Crippen molar-refractivity contribution in [3.63, 3.8) is 0 Å². The zero-order valence-electron chi connectivity index (χ0n) is 23.0. The van der Waals surface area contributed by atoms with Crippen LogP contribution in [-0.4, -0.2) is 73.2 Å². The normalized spacial score (nSPS) is 18.4. The zero-order chi connectivity index (χ0) is 27.6. The van der Waals surface area contributed by atoms with Crippen LogP contribution in [0.4, 0.5) is 5.82 Å². The largest absolute Gasteiger partial charge is 0.404 e. The molecule has 1 saturated heterocycles. The number of ether oxygens (including phenoxy) is 2. The topological polar surface area (TPSA) is 147 Å². The van der Waals surface area contributed by atoms with Crippen LogP contribution < -0.4 is 22.1 Å². The molecular weight excluding hydrogens is 492 g/mol. The van der Waals surface area contributed by atoms with Gasteiger partial charge in [0.1, 0.15) is 11.6 Å². The average molecular weight is 535 g/mol. The molecule has 10 nitrogen and oxygen atoms in total. The zero-order valence-corrected chi connectivity index (χ0v) is 23.0. The Morgan fingerprint density at radius 3 is 2.74 bits per heavy atom. The van der Waals surface area contributed by atoms with Crippen LogP contribution in [0, 0.1) is 17.2 Å². The molecule has 4 rings (SSSR count). The van der Waals surface area contributed by atoms with Gasteiger partial charge in [0.25, 0.3) is 0 Å². The summed E-state index contributed by atoms with van der Waals surface area (Å²) in [5.74, 6) is 2.02. The van der Waals surface area contributed by atoms with Crippen molar-refractivity contribution in [1.29, 1.82) is 5.41 Å². The smallest absolute Gasteiger partial charge is 0.132 e. The first-order valence-electron chi connectivity index (χ1n) is 13.7. The number of nitrogens with zero attached hydrogens (tertiary/aromatic N) is 3. The minimum atomic E-state index is 0.0702. The lowest BCUT2D eigenvalue weighted by Crippen LogP contribution is -2.44. The van der Waals surface area contributed by atoms with Crippen molar-refractivity contribution in [3.8, 4) is 0 Å². The van der Waals surface area contributed by atoms with Crippen LogP contribution in [0.15, 0.2) is 54.3 Å². The Kier molecular flexibility index (Phi) is 10.3. The highest BCUT2D eigenvalue weighted by atomic mass is 16.5. The van der Waals surface area contributed by atoms with Gasteiger partial charge in [-0.2, -0.15) is 0 Å². The highest BCUT2D eigenvalue weighted by Crippen LogP contribution is 2.29. The second kappa shape index (κ2) is 14.1. The van der Waals surface area contributed by atoms with E-state index in [2.05, 4.69) is 39.3 Å². The third kappa shape index (κ3) is 8.77. The number of hydrogen-bond donors (Lipinski definition) is 5. The van der Waals surface area contributed by atoms with Crippen molar-refractivity contribution >= 4 is 28.6 Å². The Hall–Kier alpha value is -3.47. The maximum Gasteiger partial charge on any atom is 0.132 e. The van der Waals surface area contributed by atoms with Gasteiger partial charge in [-0.3, -0.25) is 9.88 Å². The summed E-state index contributed by atoms with van der Waals surface area (Å²) < 4.78 is 11.7. The van der Waals surface area contributed by atoms with Crippen LogP contribution in [0.3, 0.4) is 0 Å². The number of anilines is 1. The minimum absolute atomic E-state index is 0.0702. The van der Waals surface area contributed by atoms with Crippen molar-refractivity contribution in [2.45, 2.75) is 32.8 Å². The Balaban J connectivity index is 1.43. The molecule has 2 fully saturated rings. The number of morpholine rings is 1. The summed E-state index contributed by atoms with van der Waals surface area (Å²) in [6.45, 7) is 9.86. The van der Waals surface area contributed by atoms with E-state index < -0.39 is 0 Å². The molecule has 0 spiro atoms. The number of allylic oxidation sites excluding steroid dienone is 3. The number of nitrogens with two attached hydrogens (primary N) is 2. The number of rotatable bonds is 14. The van der Waals surface area contributed by atoms with E-state index >= 15 is 0 Å². The molecule has 210 valence electrons. The number of pyridine rings is 2. The van der Waals surface area contributed by atoms with Gasteiger partial charge in [0, 0.05) is 62.5 Å². The first kappa shape index (κ1) is 28.5. The van der Waals surface area contributed by atoms with Crippen LogP contribution in [0.2, 0.25) is 0 Å². The number of fused-ring (bicyclic) bond motifs is 1. The second-order valence-electron chi connectivity index (χ2n) is 10.5. The van der Waals surface area contributed by atoms with Crippen LogP contribution in [-0.2, 0) is 9.47 Å². The summed E-state index contributed by atoms with van der Waals surface area (Å²) in [6, 6.07) is 5.66. The fourth-order valence-corrected chi connectivity index (χ4v) is 4.32. The van der Waals surface area contributed by atoms with Gasteiger partial charge in [-0.05, 0) is 60.7 Å². The molecule has 1 unspecified atom stereocenters. The summed E-state index contributed by atoms with van der Waals surface area (Å²) in [5.41, 5.74) is 15.8. The second-order valence-corrected chi connectivity index (χ2v) is 10.5. The van der Waals surface area contributed by atoms with Gasteiger partial charge >= 0.3 is 0 Å². The molecule has 1 saturated carbocycles. The van der Waals surface area contributed by atoms with E-state index in [0.717, 1.165) is 56.1 Å². The number of hydrogen-bond acceptors (Lipinski definition) is 10. The molecule has 2 aromatic rings. The highest BCUT2D eigenvalue weighted by molar-refractivity contribution is 6.08. The number of aromatic nitrogens is 2. The quantitative estimate of drug-likeness (QED) is 0.182. The van der Waals surface area contributed by atoms with Gasteiger partial charge in [-0.1, -0.05) is 13.8 Å². The molecule has 0 bridgehead atoms. The van der Waals surface area contributed by atoms with E-state index in [1.807, 2.05) is 30.5 Å². The molecule has 0 radical (unpaired) electrons.